The molecule has 8 nitrogen and oxygen atoms in total. The predicted octanol–water partition coefficient (Wildman–Crippen LogP) is 4.78. The number of primary amides is 1. The van der Waals surface area contributed by atoms with Crippen LogP contribution in [0.3, 0.4) is 0 Å². The number of nitrogens with zero attached hydrogens (tertiary/aromatic N) is 3. The van der Waals surface area contributed by atoms with Gasteiger partial charge < -0.3 is 20.9 Å². The third-order valence-electron chi connectivity index (χ3n) is 5.28. The van der Waals surface area contributed by atoms with Crippen LogP contribution in [0.1, 0.15) is 26.4 Å². The Hall–Kier alpha value is -4.57. The normalized spacial score (nSPS) is 10.9. The highest BCUT2D eigenvalue weighted by Crippen LogP contribution is 2.32. The lowest BCUT2D eigenvalue weighted by molar-refractivity contribution is 0.0997. The molecule has 0 radical (unpaired) electrons. The fourth-order valence-electron chi connectivity index (χ4n) is 3.57. The summed E-state index contributed by atoms with van der Waals surface area (Å²) >= 11 is 1.08. The van der Waals surface area contributed by atoms with Crippen molar-refractivity contribution < 1.29 is 14.0 Å². The third kappa shape index (κ3) is 5.02. The lowest BCUT2D eigenvalue weighted by Crippen LogP contribution is -2.17. The summed E-state index contributed by atoms with van der Waals surface area (Å²) in [6.07, 6.45) is 5.28. The minimum absolute atomic E-state index is 0.0468. The number of hydrogen-bond acceptors (Lipinski definition) is 6. The quantitative estimate of drug-likeness (QED) is 0.306. The zero-order chi connectivity index (χ0) is 24.4. The van der Waals surface area contributed by atoms with Gasteiger partial charge in [0.05, 0.1) is 6.33 Å². The molecule has 0 aliphatic rings. The molecule has 35 heavy (non-hydrogen) atoms. The summed E-state index contributed by atoms with van der Waals surface area (Å²) in [6, 6.07) is 17.1. The van der Waals surface area contributed by atoms with Crippen LogP contribution in [0, 0.1) is 5.82 Å². The monoisotopic (exact) mass is 486 g/mol. The second-order valence-electron chi connectivity index (χ2n) is 7.78. The first kappa shape index (κ1) is 22.2. The van der Waals surface area contributed by atoms with E-state index in [0.717, 1.165) is 22.3 Å². The van der Waals surface area contributed by atoms with Crippen molar-refractivity contribution in [1.29, 1.82) is 0 Å². The van der Waals surface area contributed by atoms with Crippen LogP contribution in [0.5, 0.6) is 0 Å². The number of fused-ring (bicyclic) bond motifs is 1. The van der Waals surface area contributed by atoms with Gasteiger partial charge in [-0.15, -0.1) is 0 Å². The molecule has 0 aliphatic carbocycles. The smallest absolute Gasteiger partial charge is 0.270 e. The molecular formula is C25H19FN6O2S. The van der Waals surface area contributed by atoms with Crippen molar-refractivity contribution in [3.8, 4) is 0 Å². The standard InChI is InChI=1S/C25H19FN6O2S/c26-19-7-5-16-6-8-20(12-18(16)11-19)29-25-30-21(22(27)33)24(35-25)31-23(34)17-3-1-15(2-4-17)13-32-10-9-28-14-32/h1-12,14H,13H2,(H2,27,33)(H,29,30)(H,31,34). The van der Waals surface area contributed by atoms with Crippen LogP contribution < -0.4 is 16.4 Å². The van der Waals surface area contributed by atoms with Crippen molar-refractivity contribution in [2.24, 2.45) is 5.73 Å². The zero-order valence-electron chi connectivity index (χ0n) is 18.2. The molecule has 0 unspecified atom stereocenters. The number of nitrogens with one attached hydrogen (secondary N) is 2. The van der Waals surface area contributed by atoms with Crippen molar-refractivity contribution >= 4 is 49.7 Å². The summed E-state index contributed by atoms with van der Waals surface area (Å²) in [7, 11) is 0. The SMILES string of the molecule is NC(=O)c1nc(Nc2ccc3ccc(F)cc3c2)sc1NC(=O)c1ccc(Cn2ccnc2)cc1. The van der Waals surface area contributed by atoms with Crippen molar-refractivity contribution in [1.82, 2.24) is 14.5 Å². The summed E-state index contributed by atoms with van der Waals surface area (Å²) in [5, 5.41) is 8.02. The van der Waals surface area contributed by atoms with Gasteiger partial charge in [0.15, 0.2) is 10.8 Å². The highest BCUT2D eigenvalue weighted by atomic mass is 32.1. The van der Waals surface area contributed by atoms with Gasteiger partial charge in [-0.2, -0.15) is 0 Å². The highest BCUT2D eigenvalue weighted by molar-refractivity contribution is 7.20. The highest BCUT2D eigenvalue weighted by Gasteiger charge is 2.19. The lowest BCUT2D eigenvalue weighted by atomic mass is 10.1. The molecule has 0 aliphatic heterocycles. The Bertz CT molecular complexity index is 1530. The molecular weight excluding hydrogens is 467 g/mol. The van der Waals surface area contributed by atoms with E-state index in [9.17, 15) is 14.0 Å². The van der Waals surface area contributed by atoms with Crippen molar-refractivity contribution in [2.75, 3.05) is 10.6 Å². The van der Waals surface area contributed by atoms with Crippen molar-refractivity contribution in [3.63, 3.8) is 0 Å². The van der Waals surface area contributed by atoms with Gasteiger partial charge in [0.1, 0.15) is 10.8 Å². The molecule has 0 saturated carbocycles. The van der Waals surface area contributed by atoms with E-state index >= 15 is 0 Å². The summed E-state index contributed by atoms with van der Waals surface area (Å²) < 4.78 is 15.5. The molecule has 2 aromatic heterocycles. The molecule has 3 aromatic carbocycles. The van der Waals surface area contributed by atoms with Crippen molar-refractivity contribution in [2.45, 2.75) is 6.54 Å². The Morgan fingerprint density at radius 2 is 1.83 bits per heavy atom. The van der Waals surface area contributed by atoms with E-state index in [0.29, 0.717) is 28.3 Å². The molecule has 2 heterocycles. The van der Waals surface area contributed by atoms with Crippen LogP contribution in [0.25, 0.3) is 10.8 Å². The van der Waals surface area contributed by atoms with Crippen LogP contribution in [0.2, 0.25) is 0 Å². The molecule has 174 valence electrons. The van der Waals surface area contributed by atoms with E-state index in [1.807, 2.05) is 35.0 Å². The summed E-state index contributed by atoms with van der Waals surface area (Å²) in [6.45, 7) is 0.638. The lowest BCUT2D eigenvalue weighted by Gasteiger charge is -2.06. The first-order valence-electron chi connectivity index (χ1n) is 10.6. The number of amides is 2. The number of rotatable bonds is 7. The third-order valence-corrected chi connectivity index (χ3v) is 6.17. The summed E-state index contributed by atoms with van der Waals surface area (Å²) in [5.74, 6) is -1.49. The van der Waals surface area contributed by atoms with Gasteiger partial charge in [0.25, 0.3) is 11.8 Å². The van der Waals surface area contributed by atoms with Gasteiger partial charge in [-0.1, -0.05) is 35.6 Å². The van der Waals surface area contributed by atoms with Gasteiger partial charge in [0, 0.05) is 30.2 Å². The number of carbonyl (C=O) groups excluding carboxylic acids is 2. The number of carbonyl (C=O) groups is 2. The number of hydrogen-bond donors (Lipinski definition) is 3. The Balaban J connectivity index is 1.33. The molecule has 2 amide bonds. The molecule has 5 rings (SSSR count). The van der Waals surface area contributed by atoms with E-state index in [-0.39, 0.29) is 16.5 Å². The molecule has 0 fully saturated rings. The second kappa shape index (κ2) is 9.35. The van der Waals surface area contributed by atoms with Gasteiger partial charge in [0.2, 0.25) is 0 Å². The molecule has 5 aromatic rings. The number of halogens is 1. The molecule has 4 N–H and O–H groups in total. The zero-order valence-corrected chi connectivity index (χ0v) is 19.1. The first-order valence-corrected chi connectivity index (χ1v) is 11.4. The fraction of sp³-hybridized carbons (Fsp3) is 0.0400. The van der Waals surface area contributed by atoms with Crippen LogP contribution in [-0.2, 0) is 6.54 Å². The topological polar surface area (TPSA) is 115 Å². The minimum atomic E-state index is -0.763. The molecule has 10 heteroatoms. The molecule has 0 spiro atoms. The number of thiazole rings is 1. The fourth-order valence-corrected chi connectivity index (χ4v) is 4.46. The van der Waals surface area contributed by atoms with Gasteiger partial charge in [-0.3, -0.25) is 9.59 Å². The van der Waals surface area contributed by atoms with Gasteiger partial charge in [-0.05, 0) is 52.7 Å². The first-order chi connectivity index (χ1) is 16.9. The van der Waals surface area contributed by atoms with Crippen LogP contribution in [0.4, 0.5) is 20.2 Å². The Kier molecular flexibility index (Phi) is 5.94. The van der Waals surface area contributed by atoms with E-state index in [1.54, 1.807) is 36.8 Å². The van der Waals surface area contributed by atoms with Crippen LogP contribution >= 0.6 is 11.3 Å². The largest absolute Gasteiger partial charge is 0.364 e. The van der Waals surface area contributed by atoms with Gasteiger partial charge in [-0.25, -0.2) is 14.4 Å². The Labute approximate surface area is 203 Å². The van der Waals surface area contributed by atoms with E-state index in [2.05, 4.69) is 20.6 Å². The van der Waals surface area contributed by atoms with Gasteiger partial charge >= 0.3 is 0 Å². The van der Waals surface area contributed by atoms with Crippen LogP contribution in [0.15, 0.2) is 79.4 Å². The van der Waals surface area contributed by atoms with Crippen LogP contribution in [-0.4, -0.2) is 26.3 Å². The molecule has 0 atom stereocenters. The average Bonchev–Trinajstić information content (AvgIpc) is 3.49. The Morgan fingerprint density at radius 3 is 2.57 bits per heavy atom. The van der Waals surface area contributed by atoms with Crippen molar-refractivity contribution in [3.05, 3.63) is 102 Å². The second-order valence-corrected chi connectivity index (χ2v) is 8.78. The Morgan fingerprint density at radius 1 is 1.03 bits per heavy atom. The number of benzene rings is 3. The molecule has 0 saturated heterocycles. The number of aromatic nitrogens is 3. The maximum absolute atomic E-state index is 13.6. The van der Waals surface area contributed by atoms with E-state index in [4.69, 9.17) is 5.73 Å². The summed E-state index contributed by atoms with van der Waals surface area (Å²) in [4.78, 5) is 33.0. The minimum Gasteiger partial charge on any atom is -0.364 e. The van der Waals surface area contributed by atoms with E-state index in [1.165, 1.54) is 12.1 Å². The maximum atomic E-state index is 13.6. The molecule has 0 bridgehead atoms. The average molecular weight is 487 g/mol. The number of imidazole rings is 1. The number of nitrogens with two attached hydrogens (primary N) is 1. The number of anilines is 3. The summed E-state index contributed by atoms with van der Waals surface area (Å²) in [5.41, 5.74) is 7.53. The predicted molar refractivity (Wildman–Crippen MR) is 134 cm³/mol. The van der Waals surface area contributed by atoms with E-state index < -0.39 is 11.8 Å². The maximum Gasteiger partial charge on any atom is 0.270 e.